The van der Waals surface area contributed by atoms with E-state index in [2.05, 4.69) is 15.1 Å². The maximum absolute atomic E-state index is 13.3. The van der Waals surface area contributed by atoms with Crippen molar-refractivity contribution in [3.63, 3.8) is 0 Å². The molecule has 12 heteroatoms. The van der Waals surface area contributed by atoms with Gasteiger partial charge in [-0.25, -0.2) is 13.2 Å². The van der Waals surface area contributed by atoms with Crippen LogP contribution in [0, 0.1) is 0 Å². The summed E-state index contributed by atoms with van der Waals surface area (Å²) in [7, 11) is -3.52. The predicted molar refractivity (Wildman–Crippen MR) is 186 cm³/mol. The summed E-state index contributed by atoms with van der Waals surface area (Å²) in [5, 5.41) is 5.26. The number of likely N-dealkylation sites (tertiary alicyclic amines) is 1. The molecule has 2 aliphatic rings. The van der Waals surface area contributed by atoms with E-state index in [9.17, 15) is 18.0 Å². The second kappa shape index (κ2) is 14.7. The number of alkyl carbamates (subject to hydrolysis) is 1. The van der Waals surface area contributed by atoms with Crippen molar-refractivity contribution >= 4 is 50.7 Å². The topological polar surface area (TPSA) is 99.3 Å². The lowest BCUT2D eigenvalue weighted by atomic mass is 9.93. The molecule has 0 saturated carbocycles. The minimum Gasteiger partial charge on any atom is -0.444 e. The third-order valence-corrected chi connectivity index (χ3v) is 9.89. The summed E-state index contributed by atoms with van der Waals surface area (Å²) in [5.41, 5.74) is 3.97. The highest BCUT2D eigenvalue weighted by Gasteiger charge is 2.31. The summed E-state index contributed by atoms with van der Waals surface area (Å²) in [5.74, 6) is -0.276. The Morgan fingerprint density at radius 2 is 1.47 bits per heavy atom. The average Bonchev–Trinajstić information content (AvgIpc) is 2.99. The number of carbonyl (C=O) groups excluding carboxylic acids is 2. The molecule has 3 aromatic rings. The summed E-state index contributed by atoms with van der Waals surface area (Å²) in [6.45, 7) is 8.41. The Labute approximate surface area is 287 Å². The minimum absolute atomic E-state index is 0.0573. The molecule has 1 N–H and O–H groups in total. The molecule has 0 radical (unpaired) electrons. The van der Waals surface area contributed by atoms with Gasteiger partial charge in [-0.15, -0.1) is 0 Å². The Morgan fingerprint density at radius 1 is 0.894 bits per heavy atom. The normalized spacial score (nSPS) is 15.7. The van der Waals surface area contributed by atoms with Gasteiger partial charge >= 0.3 is 6.09 Å². The highest BCUT2D eigenvalue weighted by atomic mass is 35.5. The van der Waals surface area contributed by atoms with Gasteiger partial charge in [-0.3, -0.25) is 9.69 Å². The molecule has 2 saturated heterocycles. The number of nitrogens with zero attached hydrogens (tertiary/aromatic N) is 3. The molecule has 0 unspecified atom stereocenters. The molecule has 0 spiro atoms. The van der Waals surface area contributed by atoms with Gasteiger partial charge in [0.1, 0.15) is 12.1 Å². The monoisotopic (exact) mass is 698 g/mol. The highest BCUT2D eigenvalue weighted by Crippen LogP contribution is 2.35. The predicted octanol–water partition coefficient (Wildman–Crippen LogP) is 6.07. The van der Waals surface area contributed by atoms with Crippen LogP contribution in [0.2, 0.25) is 10.0 Å². The molecule has 0 aliphatic carbocycles. The number of benzene rings is 3. The highest BCUT2D eigenvalue weighted by molar-refractivity contribution is 7.93. The van der Waals surface area contributed by atoms with Gasteiger partial charge in [-0.2, -0.15) is 0 Å². The SMILES string of the molecule is CC(C)(C)OC(=O)NCC(=O)N1CCN(c2cccc(CS(=O)(=O)C=C3CN(C(c4ccc(Cl)cc4)c4ccc(Cl)cc4)C3)c2)CC1. The molecule has 5 rings (SSSR count). The van der Waals surface area contributed by atoms with Gasteiger partial charge in [0.25, 0.3) is 0 Å². The zero-order chi connectivity index (χ0) is 33.8. The van der Waals surface area contributed by atoms with E-state index in [0.29, 0.717) is 54.9 Å². The number of ether oxygens (including phenoxy) is 1. The summed E-state index contributed by atoms with van der Waals surface area (Å²) in [6.07, 6.45) is -0.624. The zero-order valence-electron chi connectivity index (χ0n) is 26.8. The molecular weight excluding hydrogens is 659 g/mol. The largest absolute Gasteiger partial charge is 0.444 e. The van der Waals surface area contributed by atoms with Crippen LogP contribution in [-0.2, 0) is 25.1 Å². The van der Waals surface area contributed by atoms with E-state index in [1.165, 1.54) is 5.41 Å². The fourth-order valence-electron chi connectivity index (χ4n) is 5.80. The molecule has 2 aliphatic heterocycles. The first-order valence-electron chi connectivity index (χ1n) is 15.5. The first-order valence-corrected chi connectivity index (χ1v) is 18.0. The summed E-state index contributed by atoms with van der Waals surface area (Å²) >= 11 is 12.3. The molecule has 2 heterocycles. The lowest BCUT2D eigenvalue weighted by Crippen LogP contribution is -2.51. The number of halogens is 2. The van der Waals surface area contributed by atoms with E-state index in [4.69, 9.17) is 27.9 Å². The fraction of sp³-hybridized carbons (Fsp3) is 0.371. The molecule has 0 aromatic heterocycles. The molecule has 0 atom stereocenters. The van der Waals surface area contributed by atoms with E-state index in [1.807, 2.05) is 72.8 Å². The van der Waals surface area contributed by atoms with E-state index in [0.717, 1.165) is 22.4 Å². The smallest absolute Gasteiger partial charge is 0.408 e. The maximum atomic E-state index is 13.3. The molecule has 250 valence electrons. The van der Waals surface area contributed by atoms with Gasteiger partial charge in [0.15, 0.2) is 9.84 Å². The lowest BCUT2D eigenvalue weighted by molar-refractivity contribution is -0.130. The quantitative estimate of drug-likeness (QED) is 0.290. The Kier molecular flexibility index (Phi) is 10.9. The van der Waals surface area contributed by atoms with Gasteiger partial charge in [0.2, 0.25) is 5.91 Å². The number of carbonyl (C=O) groups is 2. The van der Waals surface area contributed by atoms with Gasteiger partial charge in [-0.1, -0.05) is 59.6 Å². The second-order valence-electron chi connectivity index (χ2n) is 12.9. The minimum atomic E-state index is -3.52. The van der Waals surface area contributed by atoms with E-state index >= 15 is 0 Å². The molecule has 2 fully saturated rings. The average molecular weight is 700 g/mol. The summed E-state index contributed by atoms with van der Waals surface area (Å²) in [6, 6.07) is 22.9. The van der Waals surface area contributed by atoms with Crippen LogP contribution in [0.4, 0.5) is 10.5 Å². The van der Waals surface area contributed by atoms with Crippen LogP contribution in [0.3, 0.4) is 0 Å². The van der Waals surface area contributed by atoms with Crippen LogP contribution < -0.4 is 10.2 Å². The number of nitrogens with one attached hydrogen (secondary N) is 1. The number of hydrogen-bond donors (Lipinski definition) is 1. The first kappa shape index (κ1) is 34.8. The van der Waals surface area contributed by atoms with Crippen LogP contribution in [0.1, 0.15) is 43.5 Å². The van der Waals surface area contributed by atoms with Crippen LogP contribution in [0.15, 0.2) is 83.8 Å². The zero-order valence-corrected chi connectivity index (χ0v) is 29.1. The third-order valence-electron chi connectivity index (χ3n) is 7.95. The molecule has 2 amide bonds. The van der Waals surface area contributed by atoms with Crippen molar-refractivity contribution < 1.29 is 22.7 Å². The van der Waals surface area contributed by atoms with Crippen molar-refractivity contribution in [3.8, 4) is 0 Å². The van der Waals surface area contributed by atoms with Gasteiger partial charge in [0.05, 0.1) is 11.8 Å². The number of hydrogen-bond acceptors (Lipinski definition) is 7. The second-order valence-corrected chi connectivity index (χ2v) is 15.6. The molecule has 47 heavy (non-hydrogen) atoms. The lowest BCUT2D eigenvalue weighted by Gasteiger charge is -2.41. The first-order chi connectivity index (χ1) is 22.2. The van der Waals surface area contributed by atoms with Crippen LogP contribution in [-0.4, -0.2) is 81.6 Å². The molecule has 3 aromatic carbocycles. The number of amides is 2. The Balaban J connectivity index is 1.16. The van der Waals surface area contributed by atoms with Crippen molar-refractivity contribution in [2.45, 2.75) is 38.2 Å². The maximum Gasteiger partial charge on any atom is 0.408 e. The van der Waals surface area contributed by atoms with E-state index < -0.39 is 21.5 Å². The summed E-state index contributed by atoms with van der Waals surface area (Å²) in [4.78, 5) is 30.6. The van der Waals surface area contributed by atoms with Crippen molar-refractivity contribution in [1.29, 1.82) is 0 Å². The molecule has 9 nitrogen and oxygen atoms in total. The van der Waals surface area contributed by atoms with Crippen molar-refractivity contribution in [2.75, 3.05) is 50.7 Å². The molecular formula is C35H40Cl2N4O5S. The number of rotatable bonds is 9. The summed E-state index contributed by atoms with van der Waals surface area (Å²) < 4.78 is 31.7. The van der Waals surface area contributed by atoms with E-state index in [1.54, 1.807) is 25.7 Å². The van der Waals surface area contributed by atoms with Gasteiger partial charge in [-0.05, 0) is 79.4 Å². The van der Waals surface area contributed by atoms with Crippen molar-refractivity contribution in [3.05, 3.63) is 111 Å². The van der Waals surface area contributed by atoms with Crippen LogP contribution in [0.5, 0.6) is 0 Å². The Bertz CT molecular complexity index is 1660. The van der Waals surface area contributed by atoms with Gasteiger partial charge < -0.3 is 19.9 Å². The van der Waals surface area contributed by atoms with Crippen LogP contribution in [0.25, 0.3) is 0 Å². The van der Waals surface area contributed by atoms with Crippen molar-refractivity contribution in [1.82, 2.24) is 15.1 Å². The Morgan fingerprint density at radius 3 is 2.02 bits per heavy atom. The standard InChI is InChI=1S/C35H40Cl2N4O5S/c1-35(2,3)46-34(43)38-20-32(42)40-17-15-39(16-18-40)31-6-4-5-25(19-31)23-47(44,45)24-26-21-41(22-26)33(27-7-11-29(36)12-8-27)28-9-13-30(37)14-10-28/h4-14,19,24,33H,15-18,20-23H2,1-3H3,(H,38,43). The van der Waals surface area contributed by atoms with Crippen molar-refractivity contribution in [2.24, 2.45) is 0 Å². The van der Waals surface area contributed by atoms with Crippen LogP contribution >= 0.6 is 23.2 Å². The number of piperazine rings is 1. The van der Waals surface area contributed by atoms with Gasteiger partial charge in [0, 0.05) is 60.4 Å². The number of anilines is 1. The number of sulfone groups is 1. The van der Waals surface area contributed by atoms with E-state index in [-0.39, 0.29) is 24.2 Å². The molecule has 0 bridgehead atoms. The third kappa shape index (κ3) is 9.73. The fourth-order valence-corrected chi connectivity index (χ4v) is 7.43. The Hall–Kier alpha value is -3.57.